The number of nitrogens with one attached hydrogen (secondary N) is 2. The highest BCUT2D eigenvalue weighted by molar-refractivity contribution is 7.91. The van der Waals surface area contributed by atoms with Crippen molar-refractivity contribution in [2.24, 2.45) is 0 Å². The van der Waals surface area contributed by atoms with Crippen LogP contribution in [0, 0.1) is 5.82 Å². The summed E-state index contributed by atoms with van der Waals surface area (Å²) in [5.41, 5.74) is 0.214. The number of hydrogen-bond donors (Lipinski definition) is 2. The van der Waals surface area contributed by atoms with Gasteiger partial charge >= 0.3 is 12.0 Å². The number of carbonyl (C=O) groups is 2. The zero-order valence-electron chi connectivity index (χ0n) is 17.9. The molecule has 1 heterocycles. The third-order valence-electron chi connectivity index (χ3n) is 4.76. The number of halogens is 2. The molecule has 8 nitrogen and oxygen atoms in total. The van der Waals surface area contributed by atoms with Crippen LogP contribution in [0.1, 0.15) is 25.5 Å². The van der Waals surface area contributed by atoms with Crippen molar-refractivity contribution in [1.29, 1.82) is 0 Å². The van der Waals surface area contributed by atoms with Crippen molar-refractivity contribution in [3.8, 4) is 5.75 Å². The summed E-state index contributed by atoms with van der Waals surface area (Å²) in [4.78, 5) is 25.1. The summed E-state index contributed by atoms with van der Waals surface area (Å²) in [5, 5.41) is 4.68. The molecule has 2 amide bonds. The van der Waals surface area contributed by atoms with Crippen LogP contribution in [0.25, 0.3) is 0 Å². The number of esters is 1. The lowest BCUT2D eigenvalue weighted by atomic mass is 9.95. The average Bonchev–Trinajstić information content (AvgIpc) is 2.75. The Morgan fingerprint density at radius 3 is 2.55 bits per heavy atom. The number of amides is 2. The molecule has 1 aliphatic heterocycles. The van der Waals surface area contributed by atoms with Gasteiger partial charge in [0, 0.05) is 11.3 Å². The quantitative estimate of drug-likeness (QED) is 0.427. The Hall–Kier alpha value is -3.11. The normalized spacial score (nSPS) is 16.1. The van der Waals surface area contributed by atoms with Gasteiger partial charge in [0.25, 0.3) is 0 Å². The molecule has 3 rings (SSSR count). The minimum Gasteiger partial charge on any atom is -0.494 e. The molecule has 1 atom stereocenters. The Kier molecular flexibility index (Phi) is 7.60. The molecule has 0 saturated heterocycles. The Morgan fingerprint density at radius 2 is 1.88 bits per heavy atom. The zero-order valence-corrected chi connectivity index (χ0v) is 19.4. The van der Waals surface area contributed by atoms with Crippen LogP contribution in [0.2, 0.25) is 5.02 Å². The predicted octanol–water partition coefficient (Wildman–Crippen LogP) is 3.52. The summed E-state index contributed by atoms with van der Waals surface area (Å²) in [6.07, 6.45) is 0. The van der Waals surface area contributed by atoms with E-state index in [9.17, 15) is 22.4 Å². The van der Waals surface area contributed by atoms with Crippen molar-refractivity contribution in [3.05, 3.63) is 70.1 Å². The van der Waals surface area contributed by atoms with Crippen LogP contribution in [-0.2, 0) is 19.4 Å². The summed E-state index contributed by atoms with van der Waals surface area (Å²) >= 11 is 5.74. The van der Waals surface area contributed by atoms with E-state index >= 15 is 0 Å². The van der Waals surface area contributed by atoms with Gasteiger partial charge in [0.2, 0.25) is 0 Å². The van der Waals surface area contributed by atoms with Crippen LogP contribution in [0.4, 0.5) is 9.18 Å². The van der Waals surface area contributed by atoms with Crippen molar-refractivity contribution in [2.45, 2.75) is 24.8 Å². The molecule has 33 heavy (non-hydrogen) atoms. The number of benzene rings is 2. The van der Waals surface area contributed by atoms with Crippen molar-refractivity contribution in [3.63, 3.8) is 0 Å². The lowest BCUT2D eigenvalue weighted by molar-refractivity contribution is -0.139. The first-order chi connectivity index (χ1) is 15.7. The third kappa shape index (κ3) is 5.45. The van der Waals surface area contributed by atoms with E-state index in [1.54, 1.807) is 38.1 Å². The van der Waals surface area contributed by atoms with Crippen molar-refractivity contribution in [1.82, 2.24) is 10.6 Å². The van der Waals surface area contributed by atoms with Gasteiger partial charge in [0.05, 0.1) is 40.5 Å². The van der Waals surface area contributed by atoms with Gasteiger partial charge in [-0.25, -0.2) is 22.4 Å². The summed E-state index contributed by atoms with van der Waals surface area (Å²) in [5.74, 6) is -1.90. The minimum atomic E-state index is -4.12. The standard InChI is InChI=1S/C22H22ClFN2O6S/c1-3-31-18-8-6-5-7-14(18)20-19(21(27)32-4-2)17(25-22(28)26-20)12-33(29,30)13-9-10-16(24)15(23)11-13/h5-11,20H,3-4,12H2,1-2H3,(H2,25,26,28)/t20-/m0/s1. The maximum atomic E-state index is 13.5. The van der Waals surface area contributed by atoms with Gasteiger partial charge in [0.1, 0.15) is 11.6 Å². The Bertz CT molecular complexity index is 1220. The monoisotopic (exact) mass is 496 g/mol. The van der Waals surface area contributed by atoms with Crippen LogP contribution < -0.4 is 15.4 Å². The lowest BCUT2D eigenvalue weighted by Crippen LogP contribution is -2.47. The van der Waals surface area contributed by atoms with Crippen LogP contribution in [0.3, 0.4) is 0 Å². The van der Waals surface area contributed by atoms with Gasteiger partial charge in [0.15, 0.2) is 9.84 Å². The number of hydrogen-bond acceptors (Lipinski definition) is 6. The molecule has 11 heteroatoms. The molecule has 176 valence electrons. The molecule has 2 aromatic rings. The van der Waals surface area contributed by atoms with E-state index in [0.717, 1.165) is 18.2 Å². The van der Waals surface area contributed by atoms with Crippen molar-refractivity contribution < 1.29 is 31.9 Å². The Labute approximate surface area is 195 Å². The second-order valence-electron chi connectivity index (χ2n) is 6.95. The summed E-state index contributed by atoms with van der Waals surface area (Å²) in [7, 11) is -4.12. The first-order valence-electron chi connectivity index (χ1n) is 10.0. The molecule has 1 aliphatic rings. The topological polar surface area (TPSA) is 111 Å². The molecule has 2 N–H and O–H groups in total. The maximum absolute atomic E-state index is 13.5. The van der Waals surface area contributed by atoms with Crippen molar-refractivity contribution >= 4 is 33.4 Å². The highest BCUT2D eigenvalue weighted by atomic mass is 35.5. The maximum Gasteiger partial charge on any atom is 0.338 e. The van der Waals surface area contributed by atoms with E-state index in [0.29, 0.717) is 17.9 Å². The summed E-state index contributed by atoms with van der Waals surface area (Å²) < 4.78 is 50.4. The molecular formula is C22H22ClFN2O6S. The molecule has 0 radical (unpaired) electrons. The number of para-hydroxylation sites is 1. The van der Waals surface area contributed by atoms with E-state index in [-0.39, 0.29) is 27.8 Å². The van der Waals surface area contributed by atoms with Gasteiger partial charge in [-0.2, -0.15) is 0 Å². The molecule has 0 spiro atoms. The van der Waals surface area contributed by atoms with Crippen molar-refractivity contribution in [2.75, 3.05) is 19.0 Å². The fraction of sp³-hybridized carbons (Fsp3) is 0.273. The first kappa shape index (κ1) is 24.5. The summed E-state index contributed by atoms with van der Waals surface area (Å²) in [6, 6.07) is 8.00. The van der Waals surface area contributed by atoms with E-state index < -0.39 is 39.4 Å². The molecule has 0 aromatic heterocycles. The van der Waals surface area contributed by atoms with Gasteiger partial charge < -0.3 is 20.1 Å². The fourth-order valence-electron chi connectivity index (χ4n) is 3.36. The fourth-order valence-corrected chi connectivity index (χ4v) is 4.96. The van der Waals surface area contributed by atoms with Crippen LogP contribution in [0.15, 0.2) is 58.6 Å². The van der Waals surface area contributed by atoms with Gasteiger partial charge in [-0.1, -0.05) is 29.8 Å². The molecule has 0 fully saturated rings. The molecular weight excluding hydrogens is 475 g/mol. The molecule has 0 bridgehead atoms. The number of carbonyl (C=O) groups excluding carboxylic acids is 2. The Balaban J connectivity index is 2.14. The second kappa shape index (κ2) is 10.2. The highest BCUT2D eigenvalue weighted by Gasteiger charge is 2.37. The molecule has 2 aromatic carbocycles. The average molecular weight is 497 g/mol. The predicted molar refractivity (Wildman–Crippen MR) is 119 cm³/mol. The summed E-state index contributed by atoms with van der Waals surface area (Å²) in [6.45, 7) is 3.75. The van der Waals surface area contributed by atoms with Gasteiger partial charge in [-0.15, -0.1) is 0 Å². The number of urea groups is 1. The van der Waals surface area contributed by atoms with E-state index in [2.05, 4.69) is 10.6 Å². The number of sulfone groups is 1. The Morgan fingerprint density at radius 1 is 1.15 bits per heavy atom. The molecule has 0 saturated carbocycles. The number of ether oxygens (including phenoxy) is 2. The smallest absolute Gasteiger partial charge is 0.338 e. The lowest BCUT2D eigenvalue weighted by Gasteiger charge is -2.30. The van der Waals surface area contributed by atoms with Crippen LogP contribution in [-0.4, -0.2) is 39.4 Å². The van der Waals surface area contributed by atoms with Gasteiger partial charge in [-0.3, -0.25) is 0 Å². The van der Waals surface area contributed by atoms with Crippen LogP contribution in [0.5, 0.6) is 5.75 Å². The second-order valence-corrected chi connectivity index (χ2v) is 9.35. The molecule has 0 unspecified atom stereocenters. The molecule has 0 aliphatic carbocycles. The van der Waals surface area contributed by atoms with E-state index in [1.165, 1.54) is 0 Å². The van der Waals surface area contributed by atoms with E-state index in [4.69, 9.17) is 21.1 Å². The van der Waals surface area contributed by atoms with Crippen LogP contribution >= 0.6 is 11.6 Å². The largest absolute Gasteiger partial charge is 0.494 e. The van der Waals surface area contributed by atoms with Gasteiger partial charge in [-0.05, 0) is 38.1 Å². The zero-order chi connectivity index (χ0) is 24.2. The SMILES string of the molecule is CCOC(=O)C1=C(CS(=O)(=O)c2ccc(F)c(Cl)c2)NC(=O)N[C@H]1c1ccccc1OCC. The number of rotatable bonds is 8. The van der Waals surface area contributed by atoms with E-state index in [1.807, 2.05) is 0 Å². The highest BCUT2D eigenvalue weighted by Crippen LogP contribution is 2.34. The minimum absolute atomic E-state index is 0.0315. The third-order valence-corrected chi connectivity index (χ3v) is 6.69. The first-order valence-corrected chi connectivity index (χ1v) is 12.1.